The minimum Gasteiger partial charge on any atom is -0.451 e. The summed E-state index contributed by atoms with van der Waals surface area (Å²) in [6.07, 6.45) is 2.57. The molecule has 1 aromatic rings. The first-order chi connectivity index (χ1) is 9.36. The Hall–Kier alpha value is -1.98. The second kappa shape index (κ2) is 6.98. The van der Waals surface area contributed by atoms with E-state index in [2.05, 4.69) is 0 Å². The van der Waals surface area contributed by atoms with Gasteiger partial charge in [0.05, 0.1) is 5.69 Å². The standard InChI is InChI=1S/C14H23N3O3/c1-5-6-17-8-11(15)7-12(17)14(19)20-9-13(18)16(4)10(2)3/h7-8,10H,5-6,9,15H2,1-4H3. The normalized spacial score (nSPS) is 10.7. The van der Waals surface area contributed by atoms with E-state index in [1.54, 1.807) is 23.9 Å². The Morgan fingerprint density at radius 2 is 2.10 bits per heavy atom. The lowest BCUT2D eigenvalue weighted by atomic mass is 10.3. The quantitative estimate of drug-likeness (QED) is 0.802. The van der Waals surface area contributed by atoms with Gasteiger partial charge in [0.1, 0.15) is 5.69 Å². The first-order valence-corrected chi connectivity index (χ1v) is 6.75. The summed E-state index contributed by atoms with van der Waals surface area (Å²) in [5.74, 6) is -0.754. The Morgan fingerprint density at radius 1 is 1.45 bits per heavy atom. The van der Waals surface area contributed by atoms with E-state index in [0.717, 1.165) is 6.42 Å². The van der Waals surface area contributed by atoms with Gasteiger partial charge < -0.3 is 19.9 Å². The second-order valence-electron chi connectivity index (χ2n) is 5.03. The number of aromatic nitrogens is 1. The molecule has 0 atom stereocenters. The predicted molar refractivity (Wildman–Crippen MR) is 77.3 cm³/mol. The van der Waals surface area contributed by atoms with Crippen LogP contribution in [0.4, 0.5) is 5.69 Å². The van der Waals surface area contributed by atoms with Gasteiger partial charge in [-0.2, -0.15) is 0 Å². The number of carbonyl (C=O) groups excluding carboxylic acids is 2. The Kier molecular flexibility index (Phi) is 5.61. The van der Waals surface area contributed by atoms with Gasteiger partial charge in [-0.05, 0) is 26.3 Å². The highest BCUT2D eigenvalue weighted by molar-refractivity contribution is 5.91. The highest BCUT2D eigenvalue weighted by atomic mass is 16.5. The molecule has 0 saturated heterocycles. The molecule has 1 rings (SSSR count). The Labute approximate surface area is 119 Å². The van der Waals surface area contributed by atoms with E-state index < -0.39 is 5.97 Å². The summed E-state index contributed by atoms with van der Waals surface area (Å²) < 4.78 is 6.80. The molecule has 20 heavy (non-hydrogen) atoms. The van der Waals surface area contributed by atoms with Crippen molar-refractivity contribution in [2.75, 3.05) is 19.4 Å². The molecule has 2 N–H and O–H groups in total. The predicted octanol–water partition coefficient (Wildman–Crippen LogP) is 1.50. The Morgan fingerprint density at radius 3 is 2.65 bits per heavy atom. The monoisotopic (exact) mass is 281 g/mol. The fraction of sp³-hybridized carbons (Fsp3) is 0.571. The molecule has 6 nitrogen and oxygen atoms in total. The van der Waals surface area contributed by atoms with Crippen LogP contribution in [0.2, 0.25) is 0 Å². The van der Waals surface area contributed by atoms with E-state index in [1.807, 2.05) is 20.8 Å². The van der Waals surface area contributed by atoms with Crippen LogP contribution in [-0.4, -0.2) is 41.0 Å². The number of aryl methyl sites for hydroxylation is 1. The van der Waals surface area contributed by atoms with Crippen molar-refractivity contribution in [2.24, 2.45) is 0 Å². The lowest BCUT2D eigenvalue weighted by Gasteiger charge is -2.21. The van der Waals surface area contributed by atoms with Crippen LogP contribution < -0.4 is 5.73 Å². The van der Waals surface area contributed by atoms with Gasteiger partial charge in [-0.15, -0.1) is 0 Å². The molecule has 1 aromatic heterocycles. The lowest BCUT2D eigenvalue weighted by molar-refractivity contribution is -0.134. The van der Waals surface area contributed by atoms with Crippen molar-refractivity contribution in [1.29, 1.82) is 0 Å². The lowest BCUT2D eigenvalue weighted by Crippen LogP contribution is -2.36. The maximum absolute atomic E-state index is 12.0. The smallest absolute Gasteiger partial charge is 0.355 e. The highest BCUT2D eigenvalue weighted by Gasteiger charge is 2.18. The van der Waals surface area contributed by atoms with Crippen LogP contribution in [-0.2, 0) is 16.1 Å². The number of hydrogen-bond donors (Lipinski definition) is 1. The summed E-state index contributed by atoms with van der Waals surface area (Å²) in [4.78, 5) is 25.3. The molecule has 0 fully saturated rings. The van der Waals surface area contributed by atoms with Crippen molar-refractivity contribution in [3.8, 4) is 0 Å². The van der Waals surface area contributed by atoms with E-state index in [0.29, 0.717) is 17.9 Å². The average molecular weight is 281 g/mol. The van der Waals surface area contributed by atoms with E-state index in [9.17, 15) is 9.59 Å². The summed E-state index contributed by atoms with van der Waals surface area (Å²) in [7, 11) is 1.68. The van der Waals surface area contributed by atoms with Crippen molar-refractivity contribution < 1.29 is 14.3 Å². The molecule has 112 valence electrons. The zero-order chi connectivity index (χ0) is 15.3. The van der Waals surface area contributed by atoms with Crippen LogP contribution in [0.15, 0.2) is 12.3 Å². The summed E-state index contributed by atoms with van der Waals surface area (Å²) in [5, 5.41) is 0. The minimum atomic E-state index is -0.527. The summed E-state index contributed by atoms with van der Waals surface area (Å²) in [6, 6.07) is 1.63. The SMILES string of the molecule is CCCn1cc(N)cc1C(=O)OCC(=O)N(C)C(C)C. The molecule has 0 bridgehead atoms. The van der Waals surface area contributed by atoms with Gasteiger partial charge >= 0.3 is 5.97 Å². The van der Waals surface area contributed by atoms with Crippen molar-refractivity contribution >= 4 is 17.6 Å². The number of likely N-dealkylation sites (N-methyl/N-ethyl adjacent to an activating group) is 1. The third-order valence-corrected chi connectivity index (χ3v) is 3.09. The fourth-order valence-electron chi connectivity index (χ4n) is 1.72. The number of nitrogens with two attached hydrogens (primary N) is 1. The zero-order valence-corrected chi connectivity index (χ0v) is 12.5. The molecule has 6 heteroatoms. The number of nitrogens with zero attached hydrogens (tertiary/aromatic N) is 2. The number of carbonyl (C=O) groups is 2. The molecule has 0 unspecified atom stereocenters. The molecule has 0 aliphatic rings. The maximum atomic E-state index is 12.0. The van der Waals surface area contributed by atoms with Gasteiger partial charge in [0.15, 0.2) is 6.61 Å². The minimum absolute atomic E-state index is 0.0702. The fourth-order valence-corrected chi connectivity index (χ4v) is 1.72. The van der Waals surface area contributed by atoms with Crippen molar-refractivity contribution in [2.45, 2.75) is 39.8 Å². The van der Waals surface area contributed by atoms with E-state index in [4.69, 9.17) is 10.5 Å². The van der Waals surface area contributed by atoms with E-state index in [1.165, 1.54) is 4.90 Å². The molecular weight excluding hydrogens is 258 g/mol. The molecule has 0 radical (unpaired) electrons. The molecule has 1 heterocycles. The third-order valence-electron chi connectivity index (χ3n) is 3.09. The number of amides is 1. The second-order valence-corrected chi connectivity index (χ2v) is 5.03. The van der Waals surface area contributed by atoms with Crippen molar-refractivity contribution in [3.05, 3.63) is 18.0 Å². The first-order valence-electron chi connectivity index (χ1n) is 6.75. The van der Waals surface area contributed by atoms with Crippen LogP contribution in [0, 0.1) is 0 Å². The van der Waals surface area contributed by atoms with Gasteiger partial charge in [-0.25, -0.2) is 4.79 Å². The van der Waals surface area contributed by atoms with E-state index in [-0.39, 0.29) is 18.6 Å². The highest BCUT2D eigenvalue weighted by Crippen LogP contribution is 2.12. The molecule has 0 saturated carbocycles. The molecule has 0 aliphatic carbocycles. The molecule has 0 spiro atoms. The first kappa shape index (κ1) is 16.1. The number of esters is 1. The average Bonchev–Trinajstić information content (AvgIpc) is 2.76. The molecular formula is C14H23N3O3. The number of nitrogen functional groups attached to an aromatic ring is 1. The van der Waals surface area contributed by atoms with Crippen LogP contribution in [0.1, 0.15) is 37.7 Å². The van der Waals surface area contributed by atoms with Gasteiger partial charge in [0.2, 0.25) is 0 Å². The molecule has 0 aliphatic heterocycles. The third kappa shape index (κ3) is 4.01. The van der Waals surface area contributed by atoms with Crippen LogP contribution in [0.25, 0.3) is 0 Å². The summed E-state index contributed by atoms with van der Waals surface area (Å²) in [6.45, 7) is 6.22. The topological polar surface area (TPSA) is 77.6 Å². The zero-order valence-electron chi connectivity index (χ0n) is 12.5. The summed E-state index contributed by atoms with van der Waals surface area (Å²) >= 11 is 0. The summed E-state index contributed by atoms with van der Waals surface area (Å²) in [5.41, 5.74) is 6.58. The van der Waals surface area contributed by atoms with Crippen molar-refractivity contribution in [1.82, 2.24) is 9.47 Å². The van der Waals surface area contributed by atoms with Gasteiger partial charge in [0.25, 0.3) is 5.91 Å². The van der Waals surface area contributed by atoms with Crippen LogP contribution >= 0.6 is 0 Å². The number of anilines is 1. The number of rotatable bonds is 6. The molecule has 0 aromatic carbocycles. The largest absolute Gasteiger partial charge is 0.451 e. The van der Waals surface area contributed by atoms with Crippen molar-refractivity contribution in [3.63, 3.8) is 0 Å². The van der Waals surface area contributed by atoms with Gasteiger partial charge in [-0.1, -0.05) is 6.92 Å². The van der Waals surface area contributed by atoms with E-state index >= 15 is 0 Å². The maximum Gasteiger partial charge on any atom is 0.355 e. The van der Waals surface area contributed by atoms with Crippen LogP contribution in [0.5, 0.6) is 0 Å². The number of hydrogen-bond acceptors (Lipinski definition) is 4. The number of ether oxygens (including phenoxy) is 1. The van der Waals surface area contributed by atoms with Gasteiger partial charge in [0, 0.05) is 25.8 Å². The van der Waals surface area contributed by atoms with Gasteiger partial charge in [-0.3, -0.25) is 4.79 Å². The Balaban J connectivity index is 2.65. The van der Waals surface area contributed by atoms with Crippen LogP contribution in [0.3, 0.4) is 0 Å². The Bertz CT molecular complexity index is 480. The molecule has 1 amide bonds.